The fraction of sp³-hybridized carbons (Fsp3) is 0.585. The fourth-order valence-electron chi connectivity index (χ4n) is 7.87. The zero-order valence-corrected chi connectivity index (χ0v) is 32.6. The minimum atomic E-state index is -1.42. The highest BCUT2D eigenvalue weighted by Crippen LogP contribution is 2.31. The predicted octanol–water partition coefficient (Wildman–Crippen LogP) is 3.77. The number of aromatic nitrogens is 1. The van der Waals surface area contributed by atoms with Gasteiger partial charge in [-0.1, -0.05) is 74.6 Å². The van der Waals surface area contributed by atoms with Gasteiger partial charge in [0.2, 0.25) is 23.6 Å². The number of aliphatic hydroxyl groups is 2. The van der Waals surface area contributed by atoms with E-state index in [0.717, 1.165) is 48.4 Å². The highest BCUT2D eigenvalue weighted by Gasteiger charge is 2.38. The molecule has 1 saturated heterocycles. The smallest absolute Gasteiger partial charge is 0.243 e. The average molecular weight is 764 g/mol. The molecule has 4 amide bonds. The Labute approximate surface area is 322 Å². The van der Waals surface area contributed by atoms with Gasteiger partial charge in [-0.15, -0.1) is 11.3 Å². The standard InChI is InChI=1S/C41H57N5O7S/c1-41(2,52)33(39(50)42-3)24-36(47)34(20-27-10-5-4-6-11-27)44-40(51)35(23-31-25-54-26-43-31)45-38(49)30(22-37(48)46-16-18-53-19-17-46)21-29-14-9-13-28-12-7-8-15-32(28)29/h7-9,12-15,25-27,30,33-36,47,52H,4-6,10-11,16-24H2,1-3H3,(H,42,50)(H,44,51)(H,45,49)/t30?,33-,34+,35+,36+/m1/s1. The van der Waals surface area contributed by atoms with E-state index in [0.29, 0.717) is 38.4 Å². The number of nitrogens with zero attached hydrogens (tertiary/aromatic N) is 2. The quantitative estimate of drug-likeness (QED) is 0.138. The molecule has 13 heteroatoms. The van der Waals surface area contributed by atoms with Crippen molar-refractivity contribution in [3.8, 4) is 0 Å². The second-order valence-corrected chi connectivity index (χ2v) is 16.2. The largest absolute Gasteiger partial charge is 0.391 e. The number of hydrogen-bond acceptors (Lipinski definition) is 9. The van der Waals surface area contributed by atoms with E-state index in [-0.39, 0.29) is 37.5 Å². The number of nitrogens with one attached hydrogen (secondary N) is 3. The highest BCUT2D eigenvalue weighted by atomic mass is 32.1. The molecule has 0 radical (unpaired) electrons. The SMILES string of the molecule is CNC(=O)[C@@H](C[C@H](O)[C@H](CC1CCCCC1)NC(=O)[C@H](Cc1cscn1)NC(=O)C(CC(=O)N1CCOCC1)Cc1cccc2ccccc12)C(C)(C)O. The number of thiazole rings is 1. The third-order valence-corrected chi connectivity index (χ3v) is 11.7. The van der Waals surface area contributed by atoms with Crippen LogP contribution in [-0.4, -0.2) is 101 Å². The number of aliphatic hydroxyl groups excluding tert-OH is 1. The van der Waals surface area contributed by atoms with E-state index in [1.54, 1.807) is 10.4 Å². The van der Waals surface area contributed by atoms with Gasteiger partial charge in [-0.05, 0) is 55.4 Å². The first kappa shape index (κ1) is 41.3. The average Bonchev–Trinajstić information content (AvgIpc) is 3.69. The summed E-state index contributed by atoms with van der Waals surface area (Å²) in [6, 6.07) is 12.1. The zero-order valence-electron chi connectivity index (χ0n) is 31.8. The van der Waals surface area contributed by atoms with Crippen LogP contribution >= 0.6 is 11.3 Å². The van der Waals surface area contributed by atoms with Crippen molar-refractivity contribution in [3.63, 3.8) is 0 Å². The van der Waals surface area contributed by atoms with Crippen molar-refractivity contribution in [1.29, 1.82) is 0 Å². The number of fused-ring (bicyclic) bond motifs is 1. The van der Waals surface area contributed by atoms with Gasteiger partial charge in [0.1, 0.15) is 6.04 Å². The van der Waals surface area contributed by atoms with Gasteiger partial charge in [-0.25, -0.2) is 4.98 Å². The molecule has 3 aromatic rings. The second-order valence-electron chi connectivity index (χ2n) is 15.5. The summed E-state index contributed by atoms with van der Waals surface area (Å²) in [5, 5.41) is 35.1. The Hall–Kier alpha value is -3.91. The lowest BCUT2D eigenvalue weighted by atomic mass is 9.80. The van der Waals surface area contributed by atoms with Crippen LogP contribution in [-0.2, 0) is 36.8 Å². The Morgan fingerprint density at radius 1 is 0.963 bits per heavy atom. The summed E-state index contributed by atoms with van der Waals surface area (Å²) in [5.41, 5.74) is 1.80. The van der Waals surface area contributed by atoms with Crippen LogP contribution in [0.5, 0.6) is 0 Å². The number of carbonyl (C=O) groups is 4. The third-order valence-electron chi connectivity index (χ3n) is 11.0. The van der Waals surface area contributed by atoms with E-state index in [4.69, 9.17) is 4.74 Å². The van der Waals surface area contributed by atoms with Crippen LogP contribution in [0.15, 0.2) is 53.4 Å². The van der Waals surface area contributed by atoms with E-state index in [1.165, 1.54) is 32.2 Å². The van der Waals surface area contributed by atoms with Gasteiger partial charge in [-0.2, -0.15) is 0 Å². The topological polar surface area (TPSA) is 170 Å². The minimum Gasteiger partial charge on any atom is -0.391 e. The summed E-state index contributed by atoms with van der Waals surface area (Å²) in [4.78, 5) is 61.4. The molecular weight excluding hydrogens is 707 g/mol. The first-order valence-corrected chi connectivity index (χ1v) is 20.3. The van der Waals surface area contributed by atoms with E-state index in [1.807, 2.05) is 47.8 Å². The Balaban J connectivity index is 1.40. The summed E-state index contributed by atoms with van der Waals surface area (Å²) in [6.07, 6.45) is 4.84. The lowest BCUT2D eigenvalue weighted by molar-refractivity contribution is -0.140. The number of hydrogen-bond donors (Lipinski definition) is 5. The summed E-state index contributed by atoms with van der Waals surface area (Å²) >= 11 is 1.38. The van der Waals surface area contributed by atoms with Gasteiger partial charge < -0.3 is 35.8 Å². The Bertz CT molecular complexity index is 1680. The molecule has 0 bridgehead atoms. The molecule has 1 aliphatic carbocycles. The van der Waals surface area contributed by atoms with Gasteiger partial charge >= 0.3 is 0 Å². The molecule has 12 nitrogen and oxygen atoms in total. The first-order chi connectivity index (χ1) is 25.9. The molecule has 2 fully saturated rings. The van der Waals surface area contributed by atoms with E-state index in [9.17, 15) is 29.4 Å². The molecule has 1 aliphatic heterocycles. The molecule has 2 aromatic carbocycles. The van der Waals surface area contributed by atoms with E-state index >= 15 is 0 Å². The summed E-state index contributed by atoms with van der Waals surface area (Å²) in [5.74, 6) is -2.89. The lowest BCUT2D eigenvalue weighted by Gasteiger charge is -2.35. The third kappa shape index (κ3) is 11.5. The van der Waals surface area contributed by atoms with Gasteiger partial charge in [0, 0.05) is 38.4 Å². The minimum absolute atomic E-state index is 0.0407. The normalized spacial score (nSPS) is 18.3. The molecule has 5 N–H and O–H groups in total. The fourth-order valence-corrected chi connectivity index (χ4v) is 8.44. The van der Waals surface area contributed by atoms with Crippen LogP contribution in [0, 0.1) is 17.8 Å². The van der Waals surface area contributed by atoms with Crippen molar-refractivity contribution in [2.24, 2.45) is 17.8 Å². The van der Waals surface area contributed by atoms with Crippen molar-refractivity contribution >= 4 is 45.7 Å². The van der Waals surface area contributed by atoms with Crippen LogP contribution in [0.25, 0.3) is 10.8 Å². The van der Waals surface area contributed by atoms with Crippen molar-refractivity contribution in [3.05, 3.63) is 64.6 Å². The number of ether oxygens (including phenoxy) is 1. The van der Waals surface area contributed by atoms with Crippen molar-refractivity contribution in [1.82, 2.24) is 25.8 Å². The Kier molecular flexibility index (Phi) is 15.0. The maximum Gasteiger partial charge on any atom is 0.243 e. The number of carbonyl (C=O) groups excluding carboxylic acids is 4. The van der Waals surface area contributed by atoms with E-state index < -0.39 is 53.3 Å². The summed E-state index contributed by atoms with van der Waals surface area (Å²) in [6.45, 7) is 4.85. The maximum absolute atomic E-state index is 14.4. The second kappa shape index (κ2) is 19.6. The molecule has 2 aliphatic rings. The number of benzene rings is 2. The molecule has 54 heavy (non-hydrogen) atoms. The summed E-state index contributed by atoms with van der Waals surface area (Å²) < 4.78 is 5.45. The van der Waals surface area contributed by atoms with Crippen molar-refractivity contribution in [2.75, 3.05) is 33.4 Å². The lowest BCUT2D eigenvalue weighted by Crippen LogP contribution is -2.56. The van der Waals surface area contributed by atoms with Crippen LogP contribution < -0.4 is 16.0 Å². The highest BCUT2D eigenvalue weighted by molar-refractivity contribution is 7.07. The molecular formula is C41H57N5O7S. The molecule has 2 heterocycles. The van der Waals surface area contributed by atoms with Crippen LogP contribution in [0.2, 0.25) is 0 Å². The molecule has 5 atom stereocenters. The van der Waals surface area contributed by atoms with Crippen LogP contribution in [0.4, 0.5) is 0 Å². The first-order valence-electron chi connectivity index (χ1n) is 19.3. The van der Waals surface area contributed by atoms with Crippen molar-refractivity contribution < 1.29 is 34.1 Å². The van der Waals surface area contributed by atoms with Gasteiger partial charge in [0.15, 0.2) is 0 Å². The maximum atomic E-state index is 14.4. The molecule has 5 rings (SSSR count). The number of amides is 4. The van der Waals surface area contributed by atoms with Crippen LogP contribution in [0.1, 0.15) is 76.5 Å². The molecule has 1 saturated carbocycles. The Morgan fingerprint density at radius 3 is 2.37 bits per heavy atom. The predicted molar refractivity (Wildman–Crippen MR) is 209 cm³/mol. The monoisotopic (exact) mass is 763 g/mol. The molecule has 294 valence electrons. The number of morpholine rings is 1. The molecule has 0 spiro atoms. The van der Waals surface area contributed by atoms with Gasteiger partial charge in [0.05, 0.1) is 54.0 Å². The van der Waals surface area contributed by atoms with Crippen LogP contribution in [0.3, 0.4) is 0 Å². The summed E-state index contributed by atoms with van der Waals surface area (Å²) in [7, 11) is 1.49. The van der Waals surface area contributed by atoms with Crippen molar-refractivity contribution in [2.45, 2.75) is 102 Å². The zero-order chi connectivity index (χ0) is 38.7. The Morgan fingerprint density at radius 2 is 1.69 bits per heavy atom. The van der Waals surface area contributed by atoms with Gasteiger partial charge in [-0.3, -0.25) is 19.2 Å². The molecule has 1 unspecified atom stereocenters. The van der Waals surface area contributed by atoms with E-state index in [2.05, 4.69) is 20.9 Å². The number of rotatable bonds is 17. The molecule has 1 aromatic heterocycles. The van der Waals surface area contributed by atoms with Gasteiger partial charge in [0.25, 0.3) is 0 Å².